The van der Waals surface area contributed by atoms with Crippen LogP contribution in [0.25, 0.3) is 0 Å². The van der Waals surface area contributed by atoms with E-state index in [1.54, 1.807) is 6.07 Å². The predicted molar refractivity (Wildman–Crippen MR) is 79.5 cm³/mol. The summed E-state index contributed by atoms with van der Waals surface area (Å²) in [6.07, 6.45) is 0.825. The summed E-state index contributed by atoms with van der Waals surface area (Å²) in [6, 6.07) is 7.49. The van der Waals surface area contributed by atoms with Crippen LogP contribution in [0, 0.1) is 0 Å². The van der Waals surface area contributed by atoms with E-state index in [1.165, 1.54) is 24.3 Å². The normalized spacial score (nSPS) is 21.4. The first-order chi connectivity index (χ1) is 9.42. The average Bonchev–Trinajstić information content (AvgIpc) is 2.70. The SMILES string of the molecule is C[N+](C)(C)C1CCS(=O)(=O)C1.O=S(=O)([O-])c1ccccc1. The molecule has 0 amide bonds. The third kappa shape index (κ3) is 6.13. The number of benzene rings is 1. The maximum absolute atomic E-state index is 11.1. The van der Waals surface area contributed by atoms with Gasteiger partial charge in [-0.25, -0.2) is 16.8 Å². The van der Waals surface area contributed by atoms with E-state index in [-0.39, 0.29) is 4.90 Å². The number of quaternary nitrogens is 1. The highest BCUT2D eigenvalue weighted by molar-refractivity contribution is 7.91. The Labute approximate surface area is 126 Å². The van der Waals surface area contributed by atoms with Crippen molar-refractivity contribution in [3.63, 3.8) is 0 Å². The lowest BCUT2D eigenvalue weighted by Crippen LogP contribution is -2.45. The lowest BCUT2D eigenvalue weighted by molar-refractivity contribution is -0.892. The number of nitrogens with zero attached hydrogens (tertiary/aromatic N) is 1. The number of hydrogen-bond donors (Lipinski definition) is 0. The fraction of sp³-hybridized carbons (Fsp3) is 0.538. The molecule has 0 spiro atoms. The fourth-order valence-corrected chi connectivity index (χ4v) is 4.46. The average molecular weight is 335 g/mol. The summed E-state index contributed by atoms with van der Waals surface area (Å²) in [7, 11) is -0.806. The van der Waals surface area contributed by atoms with Crippen LogP contribution in [0.15, 0.2) is 35.2 Å². The van der Waals surface area contributed by atoms with E-state index in [1.807, 2.05) is 21.1 Å². The van der Waals surface area contributed by atoms with Gasteiger partial charge in [0.1, 0.15) is 21.9 Å². The van der Waals surface area contributed by atoms with Gasteiger partial charge in [0, 0.05) is 6.42 Å². The van der Waals surface area contributed by atoms with Crippen LogP contribution in [0.2, 0.25) is 0 Å². The minimum absolute atomic E-state index is 0.185. The topological polar surface area (TPSA) is 91.3 Å². The van der Waals surface area contributed by atoms with Crippen LogP contribution in [-0.4, -0.2) is 64.6 Å². The van der Waals surface area contributed by atoms with Crippen molar-refractivity contribution in [3.8, 4) is 0 Å². The van der Waals surface area contributed by atoms with Crippen molar-refractivity contribution >= 4 is 20.0 Å². The van der Waals surface area contributed by atoms with Crippen LogP contribution in [0.4, 0.5) is 0 Å². The van der Waals surface area contributed by atoms with Crippen LogP contribution in [-0.2, 0) is 20.0 Å². The lowest BCUT2D eigenvalue weighted by Gasteiger charge is -2.30. The molecule has 1 fully saturated rings. The quantitative estimate of drug-likeness (QED) is 0.579. The van der Waals surface area contributed by atoms with E-state index >= 15 is 0 Å². The molecule has 1 aliphatic rings. The Kier molecular flexibility index (Phi) is 5.54. The van der Waals surface area contributed by atoms with Crippen molar-refractivity contribution in [1.82, 2.24) is 0 Å². The molecule has 1 saturated heterocycles. The molecule has 0 N–H and O–H groups in total. The molecule has 8 heteroatoms. The van der Waals surface area contributed by atoms with Crippen molar-refractivity contribution in [2.45, 2.75) is 17.4 Å². The predicted octanol–water partition coefficient (Wildman–Crippen LogP) is 0.470. The molecule has 1 heterocycles. The van der Waals surface area contributed by atoms with Gasteiger partial charge < -0.3 is 9.04 Å². The molecule has 21 heavy (non-hydrogen) atoms. The van der Waals surface area contributed by atoms with Crippen molar-refractivity contribution in [2.75, 3.05) is 32.6 Å². The summed E-state index contributed by atoms with van der Waals surface area (Å²) >= 11 is 0. The molecule has 0 aromatic heterocycles. The molecule has 2 rings (SSSR count). The highest BCUT2D eigenvalue weighted by Crippen LogP contribution is 2.19. The molecule has 0 radical (unpaired) electrons. The summed E-state index contributed by atoms with van der Waals surface area (Å²) in [5.74, 6) is 0.754. The highest BCUT2D eigenvalue weighted by Gasteiger charge is 2.36. The largest absolute Gasteiger partial charge is 0.744 e. The van der Waals surface area contributed by atoms with Crippen LogP contribution in [0.3, 0.4) is 0 Å². The van der Waals surface area contributed by atoms with Gasteiger partial charge in [-0.15, -0.1) is 0 Å². The molecular formula is C13H21NO5S2. The Morgan fingerprint density at radius 1 is 1.14 bits per heavy atom. The molecule has 0 aliphatic carbocycles. The molecule has 1 unspecified atom stereocenters. The maximum Gasteiger partial charge on any atom is 0.156 e. The third-order valence-corrected chi connectivity index (χ3v) is 5.94. The van der Waals surface area contributed by atoms with Crippen molar-refractivity contribution < 1.29 is 25.9 Å². The van der Waals surface area contributed by atoms with Gasteiger partial charge in [0.25, 0.3) is 0 Å². The molecule has 6 nitrogen and oxygen atoms in total. The molecule has 1 atom stereocenters. The Balaban J connectivity index is 0.000000211. The van der Waals surface area contributed by atoms with E-state index in [2.05, 4.69) is 0 Å². The van der Waals surface area contributed by atoms with Crippen LogP contribution >= 0.6 is 0 Å². The third-order valence-electron chi connectivity index (χ3n) is 3.34. The van der Waals surface area contributed by atoms with Crippen LogP contribution in [0.1, 0.15) is 6.42 Å². The van der Waals surface area contributed by atoms with Gasteiger partial charge in [-0.05, 0) is 12.1 Å². The van der Waals surface area contributed by atoms with Gasteiger partial charge in [0.05, 0.1) is 31.8 Å². The molecular weight excluding hydrogens is 314 g/mol. The summed E-state index contributed by atoms with van der Waals surface area (Å²) in [6.45, 7) is 0. The minimum atomic E-state index is -4.25. The van der Waals surface area contributed by atoms with E-state index in [0.717, 1.165) is 10.9 Å². The monoisotopic (exact) mass is 335 g/mol. The fourth-order valence-electron chi connectivity index (χ4n) is 1.97. The van der Waals surface area contributed by atoms with Gasteiger partial charge in [-0.2, -0.15) is 0 Å². The summed E-state index contributed by atoms with van der Waals surface area (Å²) < 4.78 is 53.8. The molecule has 1 aromatic carbocycles. The van der Waals surface area contributed by atoms with Gasteiger partial charge in [-0.1, -0.05) is 18.2 Å². The van der Waals surface area contributed by atoms with Gasteiger partial charge in [-0.3, -0.25) is 0 Å². The van der Waals surface area contributed by atoms with E-state index < -0.39 is 20.0 Å². The van der Waals surface area contributed by atoms with E-state index in [4.69, 9.17) is 0 Å². The maximum atomic E-state index is 11.1. The Bertz CT molecular complexity index is 660. The Morgan fingerprint density at radius 3 is 1.90 bits per heavy atom. The van der Waals surface area contributed by atoms with Crippen LogP contribution in [0.5, 0.6) is 0 Å². The standard InChI is InChI=1S/C7H16NO2S.C6H6O3S/c1-8(2,3)7-4-5-11(9,10)6-7;7-10(8,9)6-4-2-1-3-5-6/h7H,4-6H2,1-3H3;1-5H,(H,7,8,9)/q+1;/p-1. The zero-order valence-corrected chi connectivity index (χ0v) is 14.0. The molecule has 1 aromatic rings. The number of rotatable bonds is 2. The zero-order chi connectivity index (χ0) is 16.3. The first-order valence-electron chi connectivity index (χ1n) is 6.44. The van der Waals surface area contributed by atoms with Gasteiger partial charge >= 0.3 is 0 Å². The lowest BCUT2D eigenvalue weighted by atomic mass is 10.2. The first-order valence-corrected chi connectivity index (χ1v) is 9.67. The molecule has 0 bridgehead atoms. The van der Waals surface area contributed by atoms with E-state index in [9.17, 15) is 21.4 Å². The second kappa shape index (κ2) is 6.43. The zero-order valence-electron chi connectivity index (χ0n) is 12.4. The Hall–Kier alpha value is -0.960. The highest BCUT2D eigenvalue weighted by atomic mass is 32.2. The number of hydrogen-bond acceptors (Lipinski definition) is 5. The second-order valence-electron chi connectivity index (χ2n) is 5.94. The summed E-state index contributed by atoms with van der Waals surface area (Å²) in [5, 5.41) is 0. The molecule has 120 valence electrons. The molecule has 1 aliphatic heterocycles. The second-order valence-corrected chi connectivity index (χ2v) is 9.55. The first kappa shape index (κ1) is 18.1. The summed E-state index contributed by atoms with van der Waals surface area (Å²) in [5.41, 5.74) is 0. The minimum Gasteiger partial charge on any atom is -0.744 e. The van der Waals surface area contributed by atoms with Crippen molar-refractivity contribution in [3.05, 3.63) is 30.3 Å². The van der Waals surface area contributed by atoms with Gasteiger partial charge in [0.2, 0.25) is 0 Å². The van der Waals surface area contributed by atoms with Gasteiger partial charge in [0.15, 0.2) is 9.84 Å². The van der Waals surface area contributed by atoms with Crippen LogP contribution < -0.4 is 0 Å². The van der Waals surface area contributed by atoms with Crippen molar-refractivity contribution in [1.29, 1.82) is 0 Å². The molecule has 0 saturated carbocycles. The van der Waals surface area contributed by atoms with Crippen molar-refractivity contribution in [2.24, 2.45) is 0 Å². The Morgan fingerprint density at radius 2 is 1.67 bits per heavy atom. The smallest absolute Gasteiger partial charge is 0.156 e. The number of sulfone groups is 1. The summed E-state index contributed by atoms with van der Waals surface area (Å²) in [4.78, 5) is -0.185. The van der Waals surface area contributed by atoms with E-state index in [0.29, 0.717) is 17.5 Å².